The molecular formula is C24H30ClN3O5. The number of carbonyl (C=O) groups excluding carboxylic acids is 1. The van der Waals surface area contributed by atoms with E-state index in [1.165, 1.54) is 0 Å². The van der Waals surface area contributed by atoms with E-state index in [4.69, 9.17) is 25.8 Å². The lowest BCUT2D eigenvalue weighted by atomic mass is 10.1. The number of ether oxygens (including phenoxy) is 3. The van der Waals surface area contributed by atoms with E-state index in [1.807, 2.05) is 24.3 Å². The van der Waals surface area contributed by atoms with Crippen molar-refractivity contribution in [1.29, 1.82) is 0 Å². The summed E-state index contributed by atoms with van der Waals surface area (Å²) in [6.07, 6.45) is 0. The summed E-state index contributed by atoms with van der Waals surface area (Å²) in [7, 11) is 0. The molecule has 2 aromatic carbocycles. The van der Waals surface area contributed by atoms with Gasteiger partial charge in [-0.2, -0.15) is 0 Å². The van der Waals surface area contributed by atoms with Gasteiger partial charge < -0.3 is 29.5 Å². The fourth-order valence-corrected chi connectivity index (χ4v) is 4.04. The molecule has 2 fully saturated rings. The molecule has 0 aliphatic carbocycles. The van der Waals surface area contributed by atoms with E-state index in [9.17, 15) is 9.90 Å². The first kappa shape index (κ1) is 23.6. The molecule has 178 valence electrons. The molecule has 9 heteroatoms. The predicted molar refractivity (Wildman–Crippen MR) is 125 cm³/mol. The Morgan fingerprint density at radius 3 is 2.52 bits per heavy atom. The number of rotatable bonds is 9. The van der Waals surface area contributed by atoms with E-state index >= 15 is 0 Å². The van der Waals surface area contributed by atoms with Crippen LogP contribution in [0, 0.1) is 0 Å². The standard InChI is InChI=1S/C24H30ClN3O5/c25-20-3-7-22(8-4-20)33-18-24(30)16-27(11-13-31-17-24)15-19-1-5-21(6-2-19)32-14-12-28-10-9-26-23(28)29/h1-8,30H,9-18H2,(H,26,29)/t24-/m1/s1. The Morgan fingerprint density at radius 2 is 1.79 bits per heavy atom. The molecule has 8 nitrogen and oxygen atoms in total. The number of hydrogen-bond donors (Lipinski definition) is 2. The molecule has 2 heterocycles. The molecule has 33 heavy (non-hydrogen) atoms. The van der Waals surface area contributed by atoms with Gasteiger partial charge in [0.1, 0.15) is 30.3 Å². The SMILES string of the molecule is O=C1NCCN1CCOc1ccc(CN2CCOC[C@@](O)(COc3ccc(Cl)cc3)C2)cc1. The lowest BCUT2D eigenvalue weighted by Gasteiger charge is -2.30. The second-order valence-electron chi connectivity index (χ2n) is 8.44. The summed E-state index contributed by atoms with van der Waals surface area (Å²) in [5.41, 5.74) is 0.00488. The normalized spacial score (nSPS) is 21.5. The van der Waals surface area contributed by atoms with E-state index in [1.54, 1.807) is 29.2 Å². The van der Waals surface area contributed by atoms with Crippen LogP contribution in [0.4, 0.5) is 4.79 Å². The molecule has 0 saturated carbocycles. The Hall–Kier alpha value is -2.52. The summed E-state index contributed by atoms with van der Waals surface area (Å²) in [5, 5.41) is 14.5. The van der Waals surface area contributed by atoms with Crippen LogP contribution < -0.4 is 14.8 Å². The highest BCUT2D eigenvalue weighted by molar-refractivity contribution is 6.30. The molecule has 4 rings (SSSR count). The Labute approximate surface area is 199 Å². The van der Waals surface area contributed by atoms with Gasteiger partial charge in [-0.15, -0.1) is 0 Å². The maximum absolute atomic E-state index is 11.6. The highest BCUT2D eigenvalue weighted by atomic mass is 35.5. The number of urea groups is 1. The van der Waals surface area contributed by atoms with Crippen molar-refractivity contribution in [3.63, 3.8) is 0 Å². The van der Waals surface area contributed by atoms with Crippen molar-refractivity contribution in [3.8, 4) is 11.5 Å². The van der Waals surface area contributed by atoms with Gasteiger partial charge in [0.25, 0.3) is 0 Å². The van der Waals surface area contributed by atoms with Gasteiger partial charge in [0, 0.05) is 37.7 Å². The van der Waals surface area contributed by atoms with E-state index in [2.05, 4.69) is 10.2 Å². The maximum atomic E-state index is 11.6. The molecule has 0 bridgehead atoms. The van der Waals surface area contributed by atoms with Crippen LogP contribution in [0.3, 0.4) is 0 Å². The van der Waals surface area contributed by atoms with Gasteiger partial charge in [-0.1, -0.05) is 23.7 Å². The van der Waals surface area contributed by atoms with E-state index in [0.717, 1.165) is 24.4 Å². The van der Waals surface area contributed by atoms with Crippen molar-refractivity contribution in [3.05, 3.63) is 59.1 Å². The van der Waals surface area contributed by atoms with Crippen LogP contribution >= 0.6 is 11.6 Å². The van der Waals surface area contributed by atoms with Crippen molar-refractivity contribution in [2.75, 3.05) is 59.2 Å². The van der Waals surface area contributed by atoms with Crippen molar-refractivity contribution < 1.29 is 24.1 Å². The Morgan fingerprint density at radius 1 is 1.06 bits per heavy atom. The van der Waals surface area contributed by atoms with Gasteiger partial charge in [0.2, 0.25) is 0 Å². The van der Waals surface area contributed by atoms with Crippen LogP contribution in [0.1, 0.15) is 5.56 Å². The Bertz CT molecular complexity index is 911. The number of aliphatic hydroxyl groups is 1. The second kappa shape index (κ2) is 11.1. The molecule has 2 amide bonds. The maximum Gasteiger partial charge on any atom is 0.317 e. The summed E-state index contributed by atoms with van der Waals surface area (Å²) in [5.74, 6) is 1.43. The number of carbonyl (C=O) groups is 1. The fraction of sp³-hybridized carbons (Fsp3) is 0.458. The summed E-state index contributed by atoms with van der Waals surface area (Å²) < 4.78 is 17.2. The minimum Gasteiger partial charge on any atom is -0.492 e. The number of benzene rings is 2. The smallest absolute Gasteiger partial charge is 0.317 e. The molecule has 2 aromatic rings. The van der Waals surface area contributed by atoms with E-state index in [-0.39, 0.29) is 19.2 Å². The van der Waals surface area contributed by atoms with Crippen molar-refractivity contribution in [2.45, 2.75) is 12.1 Å². The molecule has 2 N–H and O–H groups in total. The van der Waals surface area contributed by atoms with E-state index < -0.39 is 5.60 Å². The van der Waals surface area contributed by atoms with Crippen LogP contribution in [0.15, 0.2) is 48.5 Å². The summed E-state index contributed by atoms with van der Waals surface area (Å²) >= 11 is 5.92. The van der Waals surface area contributed by atoms with Crippen LogP contribution in [0.25, 0.3) is 0 Å². The lowest BCUT2D eigenvalue weighted by molar-refractivity contribution is -0.0646. The Balaban J connectivity index is 1.26. The molecular weight excluding hydrogens is 446 g/mol. The zero-order valence-corrected chi connectivity index (χ0v) is 19.3. The van der Waals surface area contributed by atoms with Crippen molar-refractivity contribution in [2.24, 2.45) is 0 Å². The van der Waals surface area contributed by atoms with Gasteiger partial charge in [-0.05, 0) is 42.0 Å². The molecule has 2 aliphatic rings. The first-order valence-corrected chi connectivity index (χ1v) is 11.5. The summed E-state index contributed by atoms with van der Waals surface area (Å²) in [4.78, 5) is 15.5. The number of nitrogens with one attached hydrogen (secondary N) is 1. The number of hydrogen-bond acceptors (Lipinski definition) is 6. The summed E-state index contributed by atoms with van der Waals surface area (Å²) in [6, 6.07) is 15.0. The van der Waals surface area contributed by atoms with E-state index in [0.29, 0.717) is 50.2 Å². The third kappa shape index (κ3) is 6.98. The number of β-amino-alcohol motifs (C(OH)–C–C–N with tert-alkyl or cyclic N) is 1. The molecule has 0 radical (unpaired) electrons. The third-order valence-corrected chi connectivity index (χ3v) is 5.92. The van der Waals surface area contributed by atoms with Gasteiger partial charge in [0.15, 0.2) is 0 Å². The fourth-order valence-electron chi connectivity index (χ4n) is 3.91. The van der Waals surface area contributed by atoms with Crippen LogP contribution in [-0.2, 0) is 11.3 Å². The molecule has 1 atom stereocenters. The molecule has 2 aliphatic heterocycles. The average Bonchev–Trinajstić information content (AvgIpc) is 3.12. The number of halogens is 1. The zero-order valence-electron chi connectivity index (χ0n) is 18.5. The topological polar surface area (TPSA) is 83.5 Å². The summed E-state index contributed by atoms with van der Waals surface area (Å²) in [6.45, 7) is 5.18. The number of nitrogens with zero attached hydrogens (tertiary/aromatic N) is 2. The first-order valence-electron chi connectivity index (χ1n) is 11.1. The van der Waals surface area contributed by atoms with Crippen LogP contribution in [0.2, 0.25) is 5.02 Å². The van der Waals surface area contributed by atoms with Crippen molar-refractivity contribution in [1.82, 2.24) is 15.1 Å². The molecule has 0 aromatic heterocycles. The second-order valence-corrected chi connectivity index (χ2v) is 8.88. The highest BCUT2D eigenvalue weighted by Gasteiger charge is 2.33. The Kier molecular flexibility index (Phi) is 7.93. The lowest BCUT2D eigenvalue weighted by Crippen LogP contribution is -2.48. The van der Waals surface area contributed by atoms with Crippen LogP contribution in [-0.4, -0.2) is 85.7 Å². The van der Waals surface area contributed by atoms with Crippen molar-refractivity contribution >= 4 is 17.6 Å². The quantitative estimate of drug-likeness (QED) is 0.579. The average molecular weight is 476 g/mol. The first-order chi connectivity index (χ1) is 16.0. The highest BCUT2D eigenvalue weighted by Crippen LogP contribution is 2.21. The van der Waals surface area contributed by atoms with Gasteiger partial charge in [-0.25, -0.2) is 4.79 Å². The van der Waals surface area contributed by atoms with Gasteiger partial charge >= 0.3 is 6.03 Å². The monoisotopic (exact) mass is 475 g/mol. The predicted octanol–water partition coefficient (Wildman–Crippen LogP) is 2.39. The molecule has 0 spiro atoms. The number of amides is 2. The largest absolute Gasteiger partial charge is 0.492 e. The van der Waals surface area contributed by atoms with Gasteiger partial charge in [0.05, 0.1) is 19.8 Å². The molecule has 0 unspecified atom stereocenters. The molecule has 2 saturated heterocycles. The van der Waals surface area contributed by atoms with Crippen LogP contribution in [0.5, 0.6) is 11.5 Å². The third-order valence-electron chi connectivity index (χ3n) is 5.67. The van der Waals surface area contributed by atoms with Gasteiger partial charge in [-0.3, -0.25) is 4.90 Å². The zero-order chi connectivity index (χ0) is 23.1. The minimum atomic E-state index is -1.11. The minimum absolute atomic E-state index is 0.0334.